The first kappa shape index (κ1) is 10.7. The number of anilines is 1. The molecule has 1 rings (SSSR count). The van der Waals surface area contributed by atoms with Crippen LogP contribution in [-0.4, -0.2) is 29.2 Å². The molecule has 0 bridgehead atoms. The maximum absolute atomic E-state index is 9.65. The molecule has 0 aromatic heterocycles. The molecule has 0 heterocycles. The van der Waals surface area contributed by atoms with E-state index in [0.29, 0.717) is 12.1 Å². The first-order chi connectivity index (χ1) is 6.43. The molecule has 0 unspecified atom stereocenters. The number of phenols is 2. The summed E-state index contributed by atoms with van der Waals surface area (Å²) in [4.78, 5) is 1.91. The molecule has 0 radical (unpaired) electrons. The molecule has 0 spiro atoms. The standard InChI is InChI=1S/C10H16N2O2/c1-6-4-8(11)10(14)9(13)7(6)5-12(2)3/h4,13-14H,5,11H2,1-3H3. The summed E-state index contributed by atoms with van der Waals surface area (Å²) < 4.78 is 0. The molecule has 1 aromatic rings. The van der Waals surface area contributed by atoms with Gasteiger partial charge in [0.15, 0.2) is 11.5 Å². The number of hydrogen-bond acceptors (Lipinski definition) is 4. The second-order valence-electron chi connectivity index (χ2n) is 3.70. The van der Waals surface area contributed by atoms with Crippen LogP contribution in [0, 0.1) is 6.92 Å². The van der Waals surface area contributed by atoms with Gasteiger partial charge in [0.1, 0.15) is 0 Å². The molecule has 4 nitrogen and oxygen atoms in total. The molecule has 4 heteroatoms. The highest BCUT2D eigenvalue weighted by molar-refractivity contribution is 5.64. The first-order valence-electron chi connectivity index (χ1n) is 4.38. The summed E-state index contributed by atoms with van der Waals surface area (Å²) in [7, 11) is 3.79. The number of benzene rings is 1. The zero-order valence-electron chi connectivity index (χ0n) is 8.70. The Balaban J connectivity index is 3.22. The molecule has 14 heavy (non-hydrogen) atoms. The van der Waals surface area contributed by atoms with Crippen molar-refractivity contribution in [1.82, 2.24) is 4.90 Å². The number of nitrogens with two attached hydrogens (primary N) is 1. The summed E-state index contributed by atoms with van der Waals surface area (Å²) >= 11 is 0. The maximum Gasteiger partial charge on any atom is 0.181 e. The summed E-state index contributed by atoms with van der Waals surface area (Å²) in [6.45, 7) is 2.43. The highest BCUT2D eigenvalue weighted by Crippen LogP contribution is 2.37. The van der Waals surface area contributed by atoms with E-state index >= 15 is 0 Å². The van der Waals surface area contributed by atoms with Gasteiger partial charge >= 0.3 is 0 Å². The Hall–Kier alpha value is -1.42. The molecule has 0 aliphatic rings. The highest BCUT2D eigenvalue weighted by Gasteiger charge is 2.13. The summed E-state index contributed by atoms with van der Waals surface area (Å²) in [5.41, 5.74) is 7.30. The third-order valence-corrected chi connectivity index (χ3v) is 2.11. The summed E-state index contributed by atoms with van der Waals surface area (Å²) in [6.07, 6.45) is 0. The van der Waals surface area contributed by atoms with E-state index in [4.69, 9.17) is 5.73 Å². The van der Waals surface area contributed by atoms with E-state index in [9.17, 15) is 10.2 Å². The van der Waals surface area contributed by atoms with Crippen molar-refractivity contribution < 1.29 is 10.2 Å². The van der Waals surface area contributed by atoms with E-state index < -0.39 is 0 Å². The smallest absolute Gasteiger partial charge is 0.181 e. The van der Waals surface area contributed by atoms with Gasteiger partial charge in [-0.2, -0.15) is 0 Å². The Kier molecular flexibility index (Phi) is 2.86. The quantitative estimate of drug-likeness (QED) is 0.488. The average Bonchev–Trinajstić information content (AvgIpc) is 2.09. The van der Waals surface area contributed by atoms with Crippen LogP contribution < -0.4 is 5.73 Å². The first-order valence-corrected chi connectivity index (χ1v) is 4.38. The molecular formula is C10H16N2O2. The van der Waals surface area contributed by atoms with Crippen LogP contribution >= 0.6 is 0 Å². The number of phenolic OH excluding ortho intramolecular Hbond substituents is 2. The van der Waals surface area contributed by atoms with Crippen molar-refractivity contribution in [3.8, 4) is 11.5 Å². The lowest BCUT2D eigenvalue weighted by Crippen LogP contribution is -2.12. The van der Waals surface area contributed by atoms with Crippen LogP contribution in [-0.2, 0) is 6.54 Å². The Morgan fingerprint density at radius 1 is 1.29 bits per heavy atom. The number of aryl methyl sites for hydroxylation is 1. The van der Waals surface area contributed by atoms with Gasteiger partial charge in [0.25, 0.3) is 0 Å². The molecule has 4 N–H and O–H groups in total. The van der Waals surface area contributed by atoms with E-state index in [0.717, 1.165) is 5.56 Å². The zero-order chi connectivity index (χ0) is 10.9. The van der Waals surface area contributed by atoms with Crippen LogP contribution in [0.2, 0.25) is 0 Å². The Morgan fingerprint density at radius 2 is 1.86 bits per heavy atom. The molecule has 78 valence electrons. The topological polar surface area (TPSA) is 69.7 Å². The second kappa shape index (κ2) is 3.75. The van der Waals surface area contributed by atoms with Crippen molar-refractivity contribution in [1.29, 1.82) is 0 Å². The van der Waals surface area contributed by atoms with E-state index in [2.05, 4.69) is 0 Å². The van der Waals surface area contributed by atoms with Gasteiger partial charge in [0, 0.05) is 12.1 Å². The number of nitrogens with zero attached hydrogens (tertiary/aromatic N) is 1. The predicted molar refractivity (Wildman–Crippen MR) is 56.3 cm³/mol. The van der Waals surface area contributed by atoms with E-state index in [1.807, 2.05) is 25.9 Å². The normalized spacial score (nSPS) is 10.9. The Labute approximate surface area is 83.6 Å². The minimum Gasteiger partial charge on any atom is -0.504 e. The molecule has 0 atom stereocenters. The summed E-state index contributed by atoms with van der Waals surface area (Å²) in [5, 5.41) is 19.1. The minimum absolute atomic E-state index is 0.115. The fourth-order valence-electron chi connectivity index (χ4n) is 1.37. The average molecular weight is 196 g/mol. The molecule has 0 aliphatic carbocycles. The minimum atomic E-state index is -0.229. The number of rotatable bonds is 2. The predicted octanol–water partition coefficient (Wildman–Crippen LogP) is 1.05. The van der Waals surface area contributed by atoms with E-state index in [1.54, 1.807) is 6.07 Å². The van der Waals surface area contributed by atoms with Crippen molar-refractivity contribution >= 4 is 5.69 Å². The van der Waals surface area contributed by atoms with Crippen LogP contribution in [0.3, 0.4) is 0 Å². The maximum atomic E-state index is 9.65. The van der Waals surface area contributed by atoms with Gasteiger partial charge in [0.2, 0.25) is 0 Å². The molecule has 0 aliphatic heterocycles. The number of aromatic hydroxyl groups is 2. The molecule has 0 amide bonds. The second-order valence-corrected chi connectivity index (χ2v) is 3.70. The Morgan fingerprint density at radius 3 is 2.36 bits per heavy atom. The molecular weight excluding hydrogens is 180 g/mol. The largest absolute Gasteiger partial charge is 0.504 e. The molecule has 0 saturated carbocycles. The zero-order valence-corrected chi connectivity index (χ0v) is 8.70. The van der Waals surface area contributed by atoms with Gasteiger partial charge < -0.3 is 20.8 Å². The van der Waals surface area contributed by atoms with Gasteiger partial charge in [-0.1, -0.05) is 0 Å². The summed E-state index contributed by atoms with van der Waals surface area (Å²) in [6, 6.07) is 1.66. The van der Waals surface area contributed by atoms with Gasteiger partial charge in [-0.15, -0.1) is 0 Å². The lowest BCUT2D eigenvalue weighted by atomic mass is 10.1. The third kappa shape index (κ3) is 1.90. The highest BCUT2D eigenvalue weighted by atomic mass is 16.3. The van der Waals surface area contributed by atoms with Crippen LogP contribution in [0.5, 0.6) is 11.5 Å². The van der Waals surface area contributed by atoms with Crippen molar-refractivity contribution in [3.05, 3.63) is 17.2 Å². The van der Waals surface area contributed by atoms with Crippen molar-refractivity contribution in [3.63, 3.8) is 0 Å². The van der Waals surface area contributed by atoms with Gasteiger partial charge in [-0.05, 0) is 32.6 Å². The molecule has 0 fully saturated rings. The van der Waals surface area contributed by atoms with E-state index in [1.165, 1.54) is 0 Å². The van der Waals surface area contributed by atoms with Gasteiger partial charge in [0.05, 0.1) is 5.69 Å². The summed E-state index contributed by atoms with van der Waals surface area (Å²) in [5.74, 6) is -0.344. The SMILES string of the molecule is Cc1cc(N)c(O)c(O)c1CN(C)C. The Bertz CT molecular complexity index is 348. The lowest BCUT2D eigenvalue weighted by molar-refractivity contribution is 0.368. The van der Waals surface area contributed by atoms with Crippen LogP contribution in [0.1, 0.15) is 11.1 Å². The van der Waals surface area contributed by atoms with Crippen LogP contribution in [0.4, 0.5) is 5.69 Å². The molecule has 0 saturated heterocycles. The monoisotopic (exact) mass is 196 g/mol. The van der Waals surface area contributed by atoms with E-state index in [-0.39, 0.29) is 17.2 Å². The van der Waals surface area contributed by atoms with Crippen LogP contribution in [0.15, 0.2) is 6.07 Å². The molecule has 1 aromatic carbocycles. The third-order valence-electron chi connectivity index (χ3n) is 2.11. The fraction of sp³-hybridized carbons (Fsp3) is 0.400. The van der Waals surface area contributed by atoms with Gasteiger partial charge in [-0.3, -0.25) is 0 Å². The fourth-order valence-corrected chi connectivity index (χ4v) is 1.37. The van der Waals surface area contributed by atoms with Gasteiger partial charge in [-0.25, -0.2) is 0 Å². The lowest BCUT2D eigenvalue weighted by Gasteiger charge is -2.15. The van der Waals surface area contributed by atoms with Crippen molar-refractivity contribution in [2.45, 2.75) is 13.5 Å². The van der Waals surface area contributed by atoms with Crippen molar-refractivity contribution in [2.24, 2.45) is 0 Å². The number of nitrogen functional groups attached to an aromatic ring is 1. The van der Waals surface area contributed by atoms with Crippen LogP contribution in [0.25, 0.3) is 0 Å². The van der Waals surface area contributed by atoms with Crippen molar-refractivity contribution in [2.75, 3.05) is 19.8 Å². The number of hydrogen-bond donors (Lipinski definition) is 3.